The van der Waals surface area contributed by atoms with Crippen LogP contribution in [0.25, 0.3) is 0 Å². The molecule has 0 heterocycles. The van der Waals surface area contributed by atoms with Crippen molar-refractivity contribution in [3.8, 4) is 6.19 Å². The Morgan fingerprint density at radius 2 is 2.45 bits per heavy atom. The van der Waals surface area contributed by atoms with Gasteiger partial charge in [-0.2, -0.15) is 5.26 Å². The average Bonchev–Trinajstić information content (AvgIpc) is 1.99. The number of hydrogen-bond acceptors (Lipinski definition) is 4. The summed E-state index contributed by atoms with van der Waals surface area (Å²) in [6, 6.07) is 0. The summed E-state index contributed by atoms with van der Waals surface area (Å²) >= 11 is 0. The Morgan fingerprint density at radius 1 is 1.73 bits per heavy atom. The van der Waals surface area contributed by atoms with Crippen LogP contribution in [0.15, 0.2) is 0 Å². The molecule has 0 unspecified atom stereocenters. The van der Waals surface area contributed by atoms with Crippen molar-refractivity contribution in [3.05, 3.63) is 0 Å². The van der Waals surface area contributed by atoms with E-state index in [2.05, 4.69) is 5.32 Å². The topological polar surface area (TPSA) is 74.2 Å². The second-order valence-corrected chi connectivity index (χ2v) is 1.83. The van der Waals surface area contributed by atoms with Crippen molar-refractivity contribution in [2.45, 2.75) is 0 Å². The van der Waals surface area contributed by atoms with Gasteiger partial charge in [0.2, 0.25) is 5.91 Å². The summed E-state index contributed by atoms with van der Waals surface area (Å²) in [5, 5.41) is 12.8. The van der Waals surface area contributed by atoms with Crippen LogP contribution >= 0.6 is 0 Å². The molecule has 0 aliphatic carbocycles. The van der Waals surface area contributed by atoms with E-state index >= 15 is 0 Å². The van der Waals surface area contributed by atoms with Crippen molar-refractivity contribution in [3.63, 3.8) is 0 Å². The van der Waals surface area contributed by atoms with Crippen LogP contribution in [0, 0.1) is 11.5 Å². The number of ether oxygens (including phenoxy) is 1. The van der Waals surface area contributed by atoms with Crippen LogP contribution in [0.5, 0.6) is 0 Å². The highest BCUT2D eigenvalue weighted by Crippen LogP contribution is 1.65. The normalized spacial score (nSPS) is 8.73. The number of hydrogen-bond donors (Lipinski definition) is 2. The number of carbonyl (C=O) groups is 1. The van der Waals surface area contributed by atoms with E-state index in [9.17, 15) is 4.79 Å². The first-order chi connectivity index (χ1) is 5.31. The lowest BCUT2D eigenvalue weighted by atomic mass is 10.5. The summed E-state index contributed by atoms with van der Waals surface area (Å²) in [4.78, 5) is 10.6. The third kappa shape index (κ3) is 6.77. The number of nitrogens with zero attached hydrogens (tertiary/aromatic N) is 1. The Bertz CT molecular complexity index is 152. The fourth-order valence-corrected chi connectivity index (χ4v) is 0.483. The molecule has 0 fully saturated rings. The fraction of sp³-hybridized carbons (Fsp3) is 0.667. The largest absolute Gasteiger partial charge is 0.383 e. The van der Waals surface area contributed by atoms with Crippen LogP contribution in [0.1, 0.15) is 0 Å². The molecule has 2 N–H and O–H groups in total. The van der Waals surface area contributed by atoms with Crippen molar-refractivity contribution in [1.29, 1.82) is 5.26 Å². The molecule has 0 atom stereocenters. The van der Waals surface area contributed by atoms with Gasteiger partial charge in [0.05, 0.1) is 13.2 Å². The van der Waals surface area contributed by atoms with Gasteiger partial charge in [-0.05, 0) is 0 Å². The predicted molar refractivity (Wildman–Crippen MR) is 38.5 cm³/mol. The van der Waals surface area contributed by atoms with Gasteiger partial charge in [-0.3, -0.25) is 10.1 Å². The minimum atomic E-state index is -0.330. The highest BCUT2D eigenvalue weighted by Gasteiger charge is 1.96. The molecule has 1 amide bonds. The lowest BCUT2D eigenvalue weighted by molar-refractivity contribution is -0.119. The van der Waals surface area contributed by atoms with Crippen molar-refractivity contribution in [2.75, 3.05) is 26.8 Å². The highest BCUT2D eigenvalue weighted by molar-refractivity contribution is 5.79. The van der Waals surface area contributed by atoms with E-state index in [-0.39, 0.29) is 12.5 Å². The highest BCUT2D eigenvalue weighted by atomic mass is 16.5. The van der Waals surface area contributed by atoms with Crippen LogP contribution in [-0.2, 0) is 9.53 Å². The number of nitrogens with one attached hydrogen (secondary N) is 2. The van der Waals surface area contributed by atoms with Gasteiger partial charge >= 0.3 is 0 Å². The van der Waals surface area contributed by atoms with Gasteiger partial charge < -0.3 is 10.1 Å². The maximum absolute atomic E-state index is 10.6. The summed E-state index contributed by atoms with van der Waals surface area (Å²) in [7, 11) is 1.58. The first-order valence-electron chi connectivity index (χ1n) is 3.19. The van der Waals surface area contributed by atoms with Gasteiger partial charge in [-0.1, -0.05) is 0 Å². The van der Waals surface area contributed by atoms with Crippen LogP contribution in [0.3, 0.4) is 0 Å². The maximum atomic E-state index is 10.6. The fourth-order valence-electron chi connectivity index (χ4n) is 0.483. The van der Waals surface area contributed by atoms with Crippen molar-refractivity contribution >= 4 is 5.91 Å². The number of rotatable bonds is 5. The number of carbonyl (C=O) groups excluding carboxylic acids is 1. The molecule has 0 aromatic heterocycles. The van der Waals surface area contributed by atoms with E-state index in [4.69, 9.17) is 10.00 Å². The number of amides is 1. The van der Waals surface area contributed by atoms with Crippen molar-refractivity contribution in [1.82, 2.24) is 10.6 Å². The molecule has 0 spiro atoms. The zero-order valence-electron chi connectivity index (χ0n) is 6.39. The smallest absolute Gasteiger partial charge is 0.246 e. The summed E-state index contributed by atoms with van der Waals surface area (Å²) in [6.07, 6.45) is 1.54. The molecule has 62 valence electrons. The third-order valence-electron chi connectivity index (χ3n) is 0.964. The molecule has 0 radical (unpaired) electrons. The van der Waals surface area contributed by atoms with E-state index in [1.54, 1.807) is 7.11 Å². The standard InChI is InChI=1S/C6H11N3O2/c1-11-3-2-8-4-6(10)9-5-7/h8H,2-4H2,1H3,(H,9,10). The summed E-state index contributed by atoms with van der Waals surface area (Å²) in [5.74, 6) is -0.330. The molecule has 0 bridgehead atoms. The van der Waals surface area contributed by atoms with Gasteiger partial charge in [-0.25, -0.2) is 0 Å². The summed E-state index contributed by atoms with van der Waals surface area (Å²) < 4.78 is 4.72. The molecule has 5 nitrogen and oxygen atoms in total. The Hall–Kier alpha value is -1.12. The van der Waals surface area contributed by atoms with E-state index in [1.807, 2.05) is 5.32 Å². The monoisotopic (exact) mass is 157 g/mol. The lowest BCUT2D eigenvalue weighted by Gasteiger charge is -2.00. The van der Waals surface area contributed by atoms with E-state index in [0.717, 1.165) is 0 Å². The molecule has 0 aliphatic heterocycles. The molecule has 0 rings (SSSR count). The Balaban J connectivity index is 3.12. The van der Waals surface area contributed by atoms with E-state index in [1.165, 1.54) is 6.19 Å². The molecule has 5 heteroatoms. The van der Waals surface area contributed by atoms with E-state index < -0.39 is 0 Å². The molecule has 0 saturated heterocycles. The van der Waals surface area contributed by atoms with Gasteiger partial charge in [0.1, 0.15) is 0 Å². The molecule has 11 heavy (non-hydrogen) atoms. The Labute approximate surface area is 65.3 Å². The van der Waals surface area contributed by atoms with Gasteiger partial charge in [-0.15, -0.1) is 0 Å². The first-order valence-corrected chi connectivity index (χ1v) is 3.19. The molecule has 0 aromatic carbocycles. The van der Waals surface area contributed by atoms with Crippen LogP contribution in [0.2, 0.25) is 0 Å². The van der Waals surface area contributed by atoms with Gasteiger partial charge in [0, 0.05) is 13.7 Å². The minimum Gasteiger partial charge on any atom is -0.383 e. The lowest BCUT2D eigenvalue weighted by Crippen LogP contribution is -2.32. The quantitative estimate of drug-likeness (QED) is 0.299. The number of nitriles is 1. The molecular formula is C6H11N3O2. The predicted octanol–water partition coefficient (Wildman–Crippen LogP) is -1.18. The van der Waals surface area contributed by atoms with Crippen LogP contribution < -0.4 is 10.6 Å². The zero-order valence-corrected chi connectivity index (χ0v) is 6.39. The molecule has 0 aromatic rings. The maximum Gasteiger partial charge on any atom is 0.246 e. The van der Waals surface area contributed by atoms with Crippen molar-refractivity contribution in [2.24, 2.45) is 0 Å². The van der Waals surface area contributed by atoms with Crippen molar-refractivity contribution < 1.29 is 9.53 Å². The first kappa shape index (κ1) is 9.88. The Kier molecular flexibility index (Phi) is 6.28. The second kappa shape index (κ2) is 6.99. The van der Waals surface area contributed by atoms with Gasteiger partial charge in [0.15, 0.2) is 6.19 Å². The van der Waals surface area contributed by atoms with Crippen LogP contribution in [0.4, 0.5) is 0 Å². The SMILES string of the molecule is COCCNCC(=O)NC#N. The average molecular weight is 157 g/mol. The molecule has 0 saturated carbocycles. The number of methoxy groups -OCH3 is 1. The summed E-state index contributed by atoms with van der Waals surface area (Å²) in [5.41, 5.74) is 0. The Morgan fingerprint density at radius 3 is 3.00 bits per heavy atom. The molecule has 0 aliphatic rings. The van der Waals surface area contributed by atoms with E-state index in [0.29, 0.717) is 13.2 Å². The van der Waals surface area contributed by atoms with Gasteiger partial charge in [0.25, 0.3) is 0 Å². The second-order valence-electron chi connectivity index (χ2n) is 1.83. The zero-order chi connectivity index (χ0) is 8.53. The molecular weight excluding hydrogens is 146 g/mol. The summed E-state index contributed by atoms with van der Waals surface area (Å²) in [6.45, 7) is 1.31. The van der Waals surface area contributed by atoms with Crippen LogP contribution in [-0.4, -0.2) is 32.7 Å². The third-order valence-corrected chi connectivity index (χ3v) is 0.964. The minimum absolute atomic E-state index is 0.150.